The quantitative estimate of drug-likeness (QED) is 0.644. The average Bonchev–Trinajstić information content (AvgIpc) is 2.56. The first-order valence-corrected chi connectivity index (χ1v) is 6.36. The van der Waals surface area contributed by atoms with Crippen LogP contribution in [0.4, 0.5) is 8.78 Å². The summed E-state index contributed by atoms with van der Waals surface area (Å²) in [6.45, 7) is 0.0499. The molecule has 1 rings (SSSR count). The summed E-state index contributed by atoms with van der Waals surface area (Å²) in [5, 5.41) is 0. The van der Waals surface area contributed by atoms with Gasteiger partial charge in [-0.05, 0) is 6.92 Å². The lowest BCUT2D eigenvalue weighted by Crippen LogP contribution is -2.14. The number of ether oxygens (including phenoxy) is 1. The molecule has 0 spiro atoms. The van der Waals surface area contributed by atoms with Gasteiger partial charge in [-0.25, -0.2) is 13.6 Å². The molecule has 1 N–H and O–H groups in total. The highest BCUT2D eigenvalue weighted by Gasteiger charge is 2.28. The standard InChI is InChI=1S/C9H11F2NO5S/c1-2-17-9(13)8-7(11)6(18(14,15)16)5-12(8)4-3-10/h5H,2-4H2,1H3,(H,14,15,16). The lowest BCUT2D eigenvalue weighted by molar-refractivity contribution is 0.0507. The van der Waals surface area contributed by atoms with Crippen LogP contribution in [-0.2, 0) is 21.4 Å². The van der Waals surface area contributed by atoms with Crippen LogP contribution in [0.2, 0.25) is 0 Å². The summed E-state index contributed by atoms with van der Waals surface area (Å²) < 4.78 is 61.7. The van der Waals surface area contributed by atoms with E-state index in [0.29, 0.717) is 6.20 Å². The molecule has 0 radical (unpaired) electrons. The molecule has 0 bridgehead atoms. The Bertz CT molecular complexity index is 552. The Balaban J connectivity index is 3.38. The summed E-state index contributed by atoms with van der Waals surface area (Å²) in [5.74, 6) is -2.58. The summed E-state index contributed by atoms with van der Waals surface area (Å²) in [6, 6.07) is 0. The van der Waals surface area contributed by atoms with Gasteiger partial charge in [-0.1, -0.05) is 0 Å². The topological polar surface area (TPSA) is 85.6 Å². The van der Waals surface area contributed by atoms with Gasteiger partial charge in [0.15, 0.2) is 11.5 Å². The van der Waals surface area contributed by atoms with Crippen molar-refractivity contribution in [3.05, 3.63) is 17.7 Å². The molecule has 6 nitrogen and oxygen atoms in total. The first-order chi connectivity index (χ1) is 8.32. The lowest BCUT2D eigenvalue weighted by Gasteiger charge is -2.05. The molecule has 0 fully saturated rings. The first-order valence-electron chi connectivity index (χ1n) is 4.92. The fourth-order valence-electron chi connectivity index (χ4n) is 1.36. The third kappa shape index (κ3) is 2.85. The second-order valence-electron chi connectivity index (χ2n) is 3.23. The summed E-state index contributed by atoms with van der Waals surface area (Å²) in [4.78, 5) is 10.3. The molecule has 102 valence electrons. The van der Waals surface area contributed by atoms with Crippen LogP contribution in [0.5, 0.6) is 0 Å². The normalized spacial score (nSPS) is 11.6. The molecule has 0 unspecified atom stereocenters. The molecule has 1 aromatic rings. The van der Waals surface area contributed by atoms with Gasteiger partial charge in [-0.15, -0.1) is 0 Å². The van der Waals surface area contributed by atoms with Crippen LogP contribution >= 0.6 is 0 Å². The average molecular weight is 283 g/mol. The number of nitrogens with zero attached hydrogens (tertiary/aromatic N) is 1. The van der Waals surface area contributed by atoms with Crippen LogP contribution in [0.25, 0.3) is 0 Å². The monoisotopic (exact) mass is 283 g/mol. The van der Waals surface area contributed by atoms with E-state index in [1.54, 1.807) is 0 Å². The van der Waals surface area contributed by atoms with E-state index in [0.717, 1.165) is 4.57 Å². The molecule has 0 saturated carbocycles. The molecular formula is C9H11F2NO5S. The van der Waals surface area contributed by atoms with Gasteiger partial charge in [0, 0.05) is 6.20 Å². The minimum absolute atomic E-state index is 0.0553. The number of aromatic nitrogens is 1. The Labute approximate surface area is 102 Å². The van der Waals surface area contributed by atoms with Gasteiger partial charge < -0.3 is 9.30 Å². The summed E-state index contributed by atoms with van der Waals surface area (Å²) in [7, 11) is -4.83. The van der Waals surface area contributed by atoms with Crippen molar-refractivity contribution in [2.45, 2.75) is 18.4 Å². The largest absolute Gasteiger partial charge is 0.461 e. The van der Waals surface area contributed by atoms with Gasteiger partial charge in [-0.3, -0.25) is 4.55 Å². The van der Waals surface area contributed by atoms with E-state index in [1.807, 2.05) is 0 Å². The van der Waals surface area contributed by atoms with E-state index in [9.17, 15) is 22.0 Å². The molecule has 0 saturated heterocycles. The van der Waals surface area contributed by atoms with E-state index in [4.69, 9.17) is 4.55 Å². The number of rotatable bonds is 5. The second kappa shape index (κ2) is 5.44. The maximum Gasteiger partial charge on any atom is 0.358 e. The van der Waals surface area contributed by atoms with Crippen molar-refractivity contribution in [1.29, 1.82) is 0 Å². The van der Waals surface area contributed by atoms with Crippen molar-refractivity contribution in [1.82, 2.24) is 4.57 Å². The number of esters is 1. The molecule has 1 aromatic heterocycles. The Hall–Kier alpha value is -1.48. The fourth-order valence-corrected chi connectivity index (χ4v) is 1.94. The first kappa shape index (κ1) is 14.6. The lowest BCUT2D eigenvalue weighted by atomic mass is 10.4. The Morgan fingerprint density at radius 3 is 2.61 bits per heavy atom. The smallest absolute Gasteiger partial charge is 0.358 e. The van der Waals surface area contributed by atoms with Crippen LogP contribution in [0, 0.1) is 5.82 Å². The van der Waals surface area contributed by atoms with Crippen molar-refractivity contribution in [3.8, 4) is 0 Å². The van der Waals surface area contributed by atoms with Crippen molar-refractivity contribution in [3.63, 3.8) is 0 Å². The maximum atomic E-state index is 13.7. The molecule has 9 heteroatoms. The predicted molar refractivity (Wildman–Crippen MR) is 56.1 cm³/mol. The van der Waals surface area contributed by atoms with Gasteiger partial charge in [0.1, 0.15) is 11.6 Å². The highest BCUT2D eigenvalue weighted by atomic mass is 32.2. The van der Waals surface area contributed by atoms with Crippen LogP contribution in [0.1, 0.15) is 17.4 Å². The third-order valence-electron chi connectivity index (χ3n) is 2.06. The number of alkyl halides is 1. The minimum atomic E-state index is -4.83. The number of hydrogen-bond acceptors (Lipinski definition) is 4. The van der Waals surface area contributed by atoms with Crippen molar-refractivity contribution >= 4 is 16.1 Å². The van der Waals surface area contributed by atoms with E-state index in [1.165, 1.54) is 6.92 Å². The maximum absolute atomic E-state index is 13.7. The molecule has 0 aliphatic heterocycles. The fraction of sp³-hybridized carbons (Fsp3) is 0.444. The zero-order chi connectivity index (χ0) is 13.9. The summed E-state index contributed by atoms with van der Waals surface area (Å²) >= 11 is 0. The second-order valence-corrected chi connectivity index (χ2v) is 4.62. The van der Waals surface area contributed by atoms with Crippen LogP contribution in [0.3, 0.4) is 0 Å². The van der Waals surface area contributed by atoms with Gasteiger partial charge in [0.2, 0.25) is 0 Å². The zero-order valence-electron chi connectivity index (χ0n) is 9.39. The van der Waals surface area contributed by atoms with Crippen LogP contribution < -0.4 is 0 Å². The molecule has 0 aliphatic rings. The summed E-state index contributed by atoms with van der Waals surface area (Å²) in [6.07, 6.45) is 0.649. The molecule has 1 heterocycles. The Morgan fingerprint density at radius 1 is 1.56 bits per heavy atom. The number of hydrogen-bond donors (Lipinski definition) is 1. The molecule has 0 atom stereocenters. The van der Waals surface area contributed by atoms with Gasteiger partial charge in [0.25, 0.3) is 10.1 Å². The van der Waals surface area contributed by atoms with E-state index < -0.39 is 45.7 Å². The minimum Gasteiger partial charge on any atom is -0.461 e. The predicted octanol–water partition coefficient (Wildman–Crippen LogP) is 1.02. The number of carbonyl (C=O) groups is 1. The highest BCUT2D eigenvalue weighted by Crippen LogP contribution is 2.21. The molecule has 18 heavy (non-hydrogen) atoms. The van der Waals surface area contributed by atoms with E-state index in [-0.39, 0.29) is 6.61 Å². The highest BCUT2D eigenvalue weighted by molar-refractivity contribution is 7.85. The molecular weight excluding hydrogens is 272 g/mol. The SMILES string of the molecule is CCOC(=O)c1c(F)c(S(=O)(=O)O)cn1CCF. The zero-order valence-corrected chi connectivity index (χ0v) is 10.2. The Morgan fingerprint density at radius 2 is 2.17 bits per heavy atom. The summed E-state index contributed by atoms with van der Waals surface area (Å²) in [5.41, 5.74) is -0.734. The van der Waals surface area contributed by atoms with Crippen LogP contribution in [0.15, 0.2) is 11.1 Å². The number of halogens is 2. The van der Waals surface area contributed by atoms with Crippen molar-refractivity contribution in [2.75, 3.05) is 13.3 Å². The van der Waals surface area contributed by atoms with Crippen molar-refractivity contribution in [2.24, 2.45) is 0 Å². The molecule has 0 amide bonds. The molecule has 0 aromatic carbocycles. The van der Waals surface area contributed by atoms with Gasteiger partial charge >= 0.3 is 5.97 Å². The van der Waals surface area contributed by atoms with E-state index >= 15 is 0 Å². The van der Waals surface area contributed by atoms with Gasteiger partial charge in [0.05, 0.1) is 13.2 Å². The third-order valence-corrected chi connectivity index (χ3v) is 2.90. The number of carbonyl (C=O) groups excluding carboxylic acids is 1. The van der Waals surface area contributed by atoms with Gasteiger partial charge in [-0.2, -0.15) is 8.42 Å². The number of aryl methyl sites for hydroxylation is 1. The molecule has 0 aliphatic carbocycles. The van der Waals surface area contributed by atoms with Crippen molar-refractivity contribution < 1.29 is 31.3 Å². The Kier molecular flexibility index (Phi) is 4.41. The van der Waals surface area contributed by atoms with Crippen LogP contribution in [-0.4, -0.2) is 36.8 Å². The van der Waals surface area contributed by atoms with E-state index in [2.05, 4.69) is 4.74 Å².